The van der Waals surface area contributed by atoms with Crippen molar-refractivity contribution in [3.8, 4) is 0 Å². The van der Waals surface area contributed by atoms with Crippen LogP contribution in [0.5, 0.6) is 0 Å². The first-order valence-corrected chi connectivity index (χ1v) is 5.52. The lowest BCUT2D eigenvalue weighted by atomic mass is 9.91. The third-order valence-electron chi connectivity index (χ3n) is 2.98. The highest BCUT2D eigenvalue weighted by Crippen LogP contribution is 2.37. The summed E-state index contributed by atoms with van der Waals surface area (Å²) in [4.78, 5) is 11.7. The highest BCUT2D eigenvalue weighted by Gasteiger charge is 2.33. The molecule has 1 aliphatic rings. The van der Waals surface area contributed by atoms with E-state index in [1.165, 1.54) is 6.42 Å². The van der Waals surface area contributed by atoms with Gasteiger partial charge in [-0.3, -0.25) is 4.79 Å². The van der Waals surface area contributed by atoms with Crippen LogP contribution in [0.25, 0.3) is 0 Å². The van der Waals surface area contributed by atoms with Crippen LogP contribution in [-0.4, -0.2) is 11.9 Å². The molecule has 2 heteroatoms. The summed E-state index contributed by atoms with van der Waals surface area (Å²) in [6.07, 6.45) is 3.48. The monoisotopic (exact) mass is 197 g/mol. The van der Waals surface area contributed by atoms with E-state index in [1.807, 2.05) is 20.8 Å². The molecule has 1 aliphatic carbocycles. The third-order valence-corrected chi connectivity index (χ3v) is 2.98. The Morgan fingerprint density at radius 3 is 2.29 bits per heavy atom. The van der Waals surface area contributed by atoms with Crippen molar-refractivity contribution < 1.29 is 4.79 Å². The molecule has 1 atom stereocenters. The molecule has 0 aromatic carbocycles. The Kier molecular flexibility index (Phi) is 2.93. The molecule has 0 spiro atoms. The number of hydrogen-bond donors (Lipinski definition) is 1. The van der Waals surface area contributed by atoms with Gasteiger partial charge in [0.05, 0.1) is 0 Å². The molecule has 1 N–H and O–H groups in total. The Hall–Kier alpha value is -0.530. The molecule has 0 aliphatic heterocycles. The predicted octanol–water partition coefficient (Wildman–Crippen LogP) is 2.73. The van der Waals surface area contributed by atoms with Gasteiger partial charge in [-0.15, -0.1) is 0 Å². The standard InChI is InChI=1S/C12H23NO/c1-11(2,3)10(14)13-9-6-7-12(4,5)8-9/h9H,6-8H2,1-5H3,(H,13,14). The number of amides is 1. The van der Waals surface area contributed by atoms with E-state index in [9.17, 15) is 4.79 Å². The van der Waals surface area contributed by atoms with Crippen LogP contribution in [-0.2, 0) is 4.79 Å². The third kappa shape index (κ3) is 3.00. The van der Waals surface area contributed by atoms with Crippen LogP contribution < -0.4 is 5.32 Å². The lowest BCUT2D eigenvalue weighted by molar-refractivity contribution is -0.129. The van der Waals surface area contributed by atoms with Crippen molar-refractivity contribution in [1.82, 2.24) is 5.32 Å². The molecule has 0 saturated heterocycles. The molecule has 1 saturated carbocycles. The van der Waals surface area contributed by atoms with E-state index in [0.29, 0.717) is 11.5 Å². The first-order chi connectivity index (χ1) is 6.21. The summed E-state index contributed by atoms with van der Waals surface area (Å²) in [6, 6.07) is 0.400. The number of carbonyl (C=O) groups excluding carboxylic acids is 1. The zero-order valence-corrected chi connectivity index (χ0v) is 10.1. The van der Waals surface area contributed by atoms with Gasteiger partial charge in [0.25, 0.3) is 0 Å². The zero-order chi connectivity index (χ0) is 11.0. The summed E-state index contributed by atoms with van der Waals surface area (Å²) in [6.45, 7) is 10.4. The zero-order valence-electron chi connectivity index (χ0n) is 10.1. The van der Waals surface area contributed by atoms with Crippen LogP contribution in [0.2, 0.25) is 0 Å². The van der Waals surface area contributed by atoms with E-state index in [1.54, 1.807) is 0 Å². The van der Waals surface area contributed by atoms with E-state index >= 15 is 0 Å². The quantitative estimate of drug-likeness (QED) is 0.688. The molecule has 0 aromatic rings. The largest absolute Gasteiger partial charge is 0.353 e. The molecular weight excluding hydrogens is 174 g/mol. The van der Waals surface area contributed by atoms with Gasteiger partial charge < -0.3 is 5.32 Å². The number of carbonyl (C=O) groups is 1. The number of rotatable bonds is 1. The van der Waals surface area contributed by atoms with E-state index in [4.69, 9.17) is 0 Å². The maximum absolute atomic E-state index is 11.7. The topological polar surface area (TPSA) is 29.1 Å². The molecule has 1 unspecified atom stereocenters. The van der Waals surface area contributed by atoms with Crippen molar-refractivity contribution >= 4 is 5.91 Å². The van der Waals surface area contributed by atoms with E-state index < -0.39 is 0 Å². The molecule has 0 radical (unpaired) electrons. The number of hydrogen-bond acceptors (Lipinski definition) is 1. The van der Waals surface area contributed by atoms with Gasteiger partial charge >= 0.3 is 0 Å². The minimum Gasteiger partial charge on any atom is -0.353 e. The molecule has 0 heterocycles. The van der Waals surface area contributed by atoms with Crippen LogP contribution in [0.1, 0.15) is 53.9 Å². The molecule has 1 amide bonds. The summed E-state index contributed by atoms with van der Waals surface area (Å²) in [7, 11) is 0. The van der Waals surface area contributed by atoms with Gasteiger partial charge in [-0.1, -0.05) is 34.6 Å². The van der Waals surface area contributed by atoms with Gasteiger partial charge in [-0.25, -0.2) is 0 Å². The molecule has 0 bridgehead atoms. The predicted molar refractivity (Wildman–Crippen MR) is 59.0 cm³/mol. The van der Waals surface area contributed by atoms with Gasteiger partial charge in [0.15, 0.2) is 0 Å². The Labute approximate surface area is 87.5 Å². The lowest BCUT2D eigenvalue weighted by Gasteiger charge is -2.22. The SMILES string of the molecule is CC1(C)CCC(NC(=O)C(C)(C)C)C1. The van der Waals surface area contributed by atoms with Crippen molar-refractivity contribution in [2.45, 2.75) is 59.9 Å². The summed E-state index contributed by atoms with van der Waals surface area (Å²) >= 11 is 0. The highest BCUT2D eigenvalue weighted by molar-refractivity contribution is 5.81. The van der Waals surface area contributed by atoms with Crippen LogP contribution in [0.3, 0.4) is 0 Å². The van der Waals surface area contributed by atoms with Crippen LogP contribution in [0.15, 0.2) is 0 Å². The van der Waals surface area contributed by atoms with Crippen LogP contribution >= 0.6 is 0 Å². The van der Waals surface area contributed by atoms with E-state index in [-0.39, 0.29) is 11.3 Å². The average molecular weight is 197 g/mol. The minimum atomic E-state index is -0.257. The fourth-order valence-corrected chi connectivity index (χ4v) is 1.96. The highest BCUT2D eigenvalue weighted by atomic mass is 16.2. The van der Waals surface area contributed by atoms with Gasteiger partial charge in [-0.2, -0.15) is 0 Å². The maximum atomic E-state index is 11.7. The lowest BCUT2D eigenvalue weighted by Crippen LogP contribution is -2.40. The van der Waals surface area contributed by atoms with Gasteiger partial charge in [0.2, 0.25) is 5.91 Å². The molecule has 82 valence electrons. The van der Waals surface area contributed by atoms with Gasteiger partial charge in [-0.05, 0) is 24.7 Å². The second kappa shape index (κ2) is 3.56. The second-order valence-electron chi connectivity index (χ2n) is 6.33. The normalized spacial score (nSPS) is 26.2. The first kappa shape index (κ1) is 11.5. The van der Waals surface area contributed by atoms with E-state index in [0.717, 1.165) is 12.8 Å². The van der Waals surface area contributed by atoms with Crippen LogP contribution in [0, 0.1) is 10.8 Å². The Balaban J connectivity index is 2.44. The molecule has 2 nitrogen and oxygen atoms in total. The summed E-state index contributed by atoms with van der Waals surface area (Å²) in [5.74, 6) is 0.181. The van der Waals surface area contributed by atoms with Crippen molar-refractivity contribution in [2.24, 2.45) is 10.8 Å². The van der Waals surface area contributed by atoms with Crippen molar-refractivity contribution in [3.05, 3.63) is 0 Å². The molecular formula is C12H23NO. The first-order valence-electron chi connectivity index (χ1n) is 5.52. The summed E-state index contributed by atoms with van der Waals surface area (Å²) in [5, 5.41) is 3.14. The second-order valence-corrected chi connectivity index (χ2v) is 6.33. The van der Waals surface area contributed by atoms with Crippen molar-refractivity contribution in [2.75, 3.05) is 0 Å². The molecule has 1 fully saturated rings. The van der Waals surface area contributed by atoms with Gasteiger partial charge in [0.1, 0.15) is 0 Å². The van der Waals surface area contributed by atoms with Gasteiger partial charge in [0, 0.05) is 11.5 Å². The van der Waals surface area contributed by atoms with Crippen LogP contribution in [0.4, 0.5) is 0 Å². The minimum absolute atomic E-state index is 0.181. The number of nitrogens with one attached hydrogen (secondary N) is 1. The van der Waals surface area contributed by atoms with Crippen molar-refractivity contribution in [1.29, 1.82) is 0 Å². The smallest absolute Gasteiger partial charge is 0.225 e. The fraction of sp³-hybridized carbons (Fsp3) is 0.917. The molecule has 1 rings (SSSR count). The maximum Gasteiger partial charge on any atom is 0.225 e. The fourth-order valence-electron chi connectivity index (χ4n) is 1.96. The average Bonchev–Trinajstić information content (AvgIpc) is 2.28. The summed E-state index contributed by atoms with van der Waals surface area (Å²) in [5.41, 5.74) is 0.155. The molecule has 14 heavy (non-hydrogen) atoms. The summed E-state index contributed by atoms with van der Waals surface area (Å²) < 4.78 is 0. The molecule has 0 aromatic heterocycles. The Bertz CT molecular complexity index is 225. The van der Waals surface area contributed by atoms with E-state index in [2.05, 4.69) is 19.2 Å². The Morgan fingerprint density at radius 1 is 1.36 bits per heavy atom. The van der Waals surface area contributed by atoms with Crippen molar-refractivity contribution in [3.63, 3.8) is 0 Å². The Morgan fingerprint density at radius 2 is 1.93 bits per heavy atom.